The van der Waals surface area contributed by atoms with Gasteiger partial charge in [0.15, 0.2) is 5.13 Å². The van der Waals surface area contributed by atoms with Crippen molar-refractivity contribution < 1.29 is 9.59 Å². The Morgan fingerprint density at radius 1 is 1.33 bits per heavy atom. The number of likely N-dealkylation sites (tertiary alicyclic amines) is 1. The Hall–Kier alpha value is -0.890. The summed E-state index contributed by atoms with van der Waals surface area (Å²) in [6.45, 7) is 5.27. The van der Waals surface area contributed by atoms with E-state index in [4.69, 9.17) is 0 Å². The molecule has 138 valence electrons. The van der Waals surface area contributed by atoms with Gasteiger partial charge in [-0.3, -0.25) is 9.59 Å². The van der Waals surface area contributed by atoms with Crippen molar-refractivity contribution in [1.82, 2.24) is 15.2 Å². The first-order chi connectivity index (χ1) is 10.5. The molecule has 1 aliphatic rings. The number of nitrogens with one attached hydrogen (secondary N) is 2. The summed E-state index contributed by atoms with van der Waals surface area (Å²) in [4.78, 5) is 30.1. The molecular weight excluding hydrogens is 371 g/mol. The first kappa shape index (κ1) is 23.1. The van der Waals surface area contributed by atoms with Crippen molar-refractivity contribution in [3.05, 3.63) is 11.1 Å². The van der Waals surface area contributed by atoms with E-state index in [0.29, 0.717) is 17.6 Å². The maximum absolute atomic E-state index is 12.3. The summed E-state index contributed by atoms with van der Waals surface area (Å²) in [5.74, 6) is -0.0228. The Bertz CT molecular complexity index is 531. The highest BCUT2D eigenvalue weighted by Crippen LogP contribution is 2.18. The number of carbonyl (C=O) groups is 2. The highest BCUT2D eigenvalue weighted by molar-refractivity contribution is 7.13. The molecule has 6 nitrogen and oxygen atoms in total. The van der Waals surface area contributed by atoms with E-state index in [0.717, 1.165) is 31.6 Å². The fourth-order valence-electron chi connectivity index (χ4n) is 2.38. The molecule has 0 unspecified atom stereocenters. The van der Waals surface area contributed by atoms with Crippen LogP contribution in [0.15, 0.2) is 5.38 Å². The van der Waals surface area contributed by atoms with Gasteiger partial charge in [0.25, 0.3) is 0 Å². The lowest BCUT2D eigenvalue weighted by Crippen LogP contribution is -2.44. The summed E-state index contributed by atoms with van der Waals surface area (Å²) in [6.07, 6.45) is 2.29. The number of rotatable bonds is 5. The topological polar surface area (TPSA) is 74.3 Å². The van der Waals surface area contributed by atoms with Crippen molar-refractivity contribution in [3.8, 4) is 0 Å². The SMILES string of the molecule is CNC1CCN(C(=O)Cc2csc(NC(=O)C(C)C)n2)CC1.Cl.Cl. The summed E-state index contributed by atoms with van der Waals surface area (Å²) < 4.78 is 0. The summed E-state index contributed by atoms with van der Waals surface area (Å²) >= 11 is 1.36. The lowest BCUT2D eigenvalue weighted by atomic mass is 10.0. The summed E-state index contributed by atoms with van der Waals surface area (Å²) in [5.41, 5.74) is 0.727. The molecule has 0 radical (unpaired) electrons. The number of carbonyl (C=O) groups excluding carboxylic acids is 2. The minimum atomic E-state index is -0.0811. The molecule has 0 aromatic carbocycles. The van der Waals surface area contributed by atoms with E-state index in [1.807, 2.05) is 31.2 Å². The zero-order chi connectivity index (χ0) is 16.1. The molecule has 0 saturated carbocycles. The van der Waals surface area contributed by atoms with Crippen LogP contribution in [0.3, 0.4) is 0 Å². The number of hydrogen-bond donors (Lipinski definition) is 2. The smallest absolute Gasteiger partial charge is 0.228 e. The largest absolute Gasteiger partial charge is 0.342 e. The predicted octanol–water partition coefficient (Wildman–Crippen LogP) is 2.33. The second-order valence-corrected chi connectivity index (χ2v) is 6.77. The third-order valence-corrected chi connectivity index (χ3v) is 4.70. The third-order valence-electron chi connectivity index (χ3n) is 3.89. The van der Waals surface area contributed by atoms with Gasteiger partial charge in [-0.2, -0.15) is 0 Å². The van der Waals surface area contributed by atoms with Crippen molar-refractivity contribution in [2.75, 3.05) is 25.5 Å². The zero-order valence-electron chi connectivity index (χ0n) is 14.2. The first-order valence-electron chi connectivity index (χ1n) is 7.70. The molecular formula is C15H26Cl2N4O2S. The van der Waals surface area contributed by atoms with Crippen LogP contribution in [0.25, 0.3) is 0 Å². The van der Waals surface area contributed by atoms with Gasteiger partial charge in [0.2, 0.25) is 11.8 Å². The number of thiazole rings is 1. The molecule has 1 fully saturated rings. The number of anilines is 1. The van der Waals surface area contributed by atoms with Crippen LogP contribution in [0.2, 0.25) is 0 Å². The molecule has 0 spiro atoms. The van der Waals surface area contributed by atoms with Crippen LogP contribution in [-0.2, 0) is 16.0 Å². The highest BCUT2D eigenvalue weighted by Gasteiger charge is 2.22. The Labute approximate surface area is 159 Å². The average Bonchev–Trinajstić information content (AvgIpc) is 2.94. The van der Waals surface area contributed by atoms with Gasteiger partial charge < -0.3 is 15.5 Å². The van der Waals surface area contributed by atoms with Gasteiger partial charge in [0.05, 0.1) is 12.1 Å². The van der Waals surface area contributed by atoms with E-state index in [1.54, 1.807) is 0 Å². The Balaban J connectivity index is 0.00000264. The molecule has 9 heteroatoms. The molecule has 0 aliphatic carbocycles. The first-order valence-corrected chi connectivity index (χ1v) is 8.58. The van der Waals surface area contributed by atoms with Gasteiger partial charge in [-0.1, -0.05) is 13.8 Å². The number of halogens is 2. The zero-order valence-corrected chi connectivity index (χ0v) is 16.7. The lowest BCUT2D eigenvalue weighted by molar-refractivity contribution is -0.131. The van der Waals surface area contributed by atoms with Gasteiger partial charge in [-0.25, -0.2) is 4.98 Å². The predicted molar refractivity (Wildman–Crippen MR) is 102 cm³/mol. The molecule has 2 heterocycles. The van der Waals surface area contributed by atoms with Crippen molar-refractivity contribution in [1.29, 1.82) is 0 Å². The lowest BCUT2D eigenvalue weighted by Gasteiger charge is -2.31. The second kappa shape index (κ2) is 10.9. The quantitative estimate of drug-likeness (QED) is 0.800. The van der Waals surface area contributed by atoms with Gasteiger partial charge in [0, 0.05) is 30.4 Å². The van der Waals surface area contributed by atoms with Crippen molar-refractivity contribution in [2.24, 2.45) is 5.92 Å². The summed E-state index contributed by atoms with van der Waals surface area (Å²) in [7, 11) is 1.96. The van der Waals surface area contributed by atoms with E-state index >= 15 is 0 Å². The fraction of sp³-hybridized carbons (Fsp3) is 0.667. The number of aromatic nitrogens is 1. The molecule has 2 amide bonds. The van der Waals surface area contributed by atoms with Gasteiger partial charge in [-0.15, -0.1) is 36.2 Å². The number of amides is 2. The molecule has 0 atom stereocenters. The van der Waals surface area contributed by atoms with Crippen LogP contribution in [-0.4, -0.2) is 47.9 Å². The molecule has 1 aliphatic heterocycles. The standard InChI is InChI=1S/C15H24N4O2S.2ClH/c1-10(2)14(21)18-15-17-12(9-22-15)8-13(20)19-6-4-11(16-3)5-7-19;;/h9-11,16H,4-8H2,1-3H3,(H,17,18,21);2*1H. The number of hydrogen-bond acceptors (Lipinski definition) is 5. The van der Waals surface area contributed by atoms with E-state index < -0.39 is 0 Å². The molecule has 2 rings (SSSR count). The number of piperidine rings is 1. The molecule has 0 bridgehead atoms. The number of nitrogens with zero attached hydrogens (tertiary/aromatic N) is 2. The Morgan fingerprint density at radius 3 is 2.50 bits per heavy atom. The maximum atomic E-state index is 12.3. The van der Waals surface area contributed by atoms with Crippen molar-refractivity contribution in [3.63, 3.8) is 0 Å². The monoisotopic (exact) mass is 396 g/mol. The van der Waals surface area contributed by atoms with Gasteiger partial charge in [-0.05, 0) is 19.9 Å². The normalized spacial score (nSPS) is 14.8. The van der Waals surface area contributed by atoms with E-state index in [2.05, 4.69) is 15.6 Å². The van der Waals surface area contributed by atoms with Gasteiger partial charge >= 0.3 is 0 Å². The third kappa shape index (κ3) is 6.55. The Kier molecular flexibility index (Phi) is 10.5. The van der Waals surface area contributed by atoms with Crippen LogP contribution < -0.4 is 10.6 Å². The second-order valence-electron chi connectivity index (χ2n) is 5.91. The summed E-state index contributed by atoms with van der Waals surface area (Å²) in [5, 5.41) is 8.42. The Morgan fingerprint density at radius 2 is 1.96 bits per heavy atom. The van der Waals surface area contributed by atoms with Crippen molar-refractivity contribution >= 4 is 53.1 Å². The minimum absolute atomic E-state index is 0. The molecule has 1 aromatic rings. The highest BCUT2D eigenvalue weighted by atomic mass is 35.5. The van der Waals surface area contributed by atoms with E-state index in [1.165, 1.54) is 11.3 Å². The van der Waals surface area contributed by atoms with E-state index in [9.17, 15) is 9.59 Å². The minimum Gasteiger partial charge on any atom is -0.342 e. The summed E-state index contributed by atoms with van der Waals surface area (Å²) in [6, 6.07) is 0.515. The molecule has 1 saturated heterocycles. The van der Waals surface area contributed by atoms with Crippen LogP contribution in [0.5, 0.6) is 0 Å². The average molecular weight is 397 g/mol. The van der Waals surface area contributed by atoms with Crippen LogP contribution in [0, 0.1) is 5.92 Å². The van der Waals surface area contributed by atoms with Crippen LogP contribution >= 0.6 is 36.2 Å². The molecule has 1 aromatic heterocycles. The maximum Gasteiger partial charge on any atom is 0.228 e. The van der Waals surface area contributed by atoms with E-state index in [-0.39, 0.29) is 42.5 Å². The van der Waals surface area contributed by atoms with Crippen LogP contribution in [0.4, 0.5) is 5.13 Å². The van der Waals surface area contributed by atoms with Crippen molar-refractivity contribution in [2.45, 2.75) is 39.2 Å². The molecule has 24 heavy (non-hydrogen) atoms. The fourth-order valence-corrected chi connectivity index (χ4v) is 3.09. The van der Waals surface area contributed by atoms with Gasteiger partial charge in [0.1, 0.15) is 0 Å². The molecule has 2 N–H and O–H groups in total. The van der Waals surface area contributed by atoms with Crippen LogP contribution in [0.1, 0.15) is 32.4 Å².